The first-order valence-electron chi connectivity index (χ1n) is 11.4. The number of hydrogen-bond donors (Lipinski definition) is 3. The van der Waals surface area contributed by atoms with E-state index < -0.39 is 0 Å². The topological polar surface area (TPSA) is 83.6 Å². The molecule has 33 heavy (non-hydrogen) atoms. The van der Waals surface area contributed by atoms with E-state index in [1.807, 2.05) is 18.2 Å². The smallest absolute Gasteiger partial charge is 0.191 e. The van der Waals surface area contributed by atoms with Gasteiger partial charge in [0.2, 0.25) is 0 Å². The summed E-state index contributed by atoms with van der Waals surface area (Å²) >= 11 is 0. The van der Waals surface area contributed by atoms with Crippen molar-refractivity contribution in [3.63, 3.8) is 0 Å². The van der Waals surface area contributed by atoms with Gasteiger partial charge in [0.05, 0.1) is 24.2 Å². The van der Waals surface area contributed by atoms with Gasteiger partial charge in [-0.2, -0.15) is 0 Å². The summed E-state index contributed by atoms with van der Waals surface area (Å²) in [4.78, 5) is 12.8. The average molecular weight is 566 g/mol. The molecule has 0 spiro atoms. The molecule has 1 aromatic heterocycles. The molecule has 7 nitrogen and oxygen atoms in total. The van der Waals surface area contributed by atoms with Crippen molar-refractivity contribution in [1.29, 1.82) is 0 Å². The molecule has 0 aliphatic carbocycles. The molecule has 0 atom stereocenters. The Morgan fingerprint density at radius 3 is 2.73 bits per heavy atom. The van der Waals surface area contributed by atoms with E-state index in [0.717, 1.165) is 66.5 Å². The first-order valence-corrected chi connectivity index (χ1v) is 11.4. The number of H-pyrrole nitrogens is 1. The van der Waals surface area contributed by atoms with Gasteiger partial charge in [0.25, 0.3) is 0 Å². The Kier molecular flexibility index (Phi) is 12.0. The third kappa shape index (κ3) is 8.85. The van der Waals surface area contributed by atoms with E-state index in [0.29, 0.717) is 19.8 Å². The lowest BCUT2D eigenvalue weighted by molar-refractivity contribution is 0.172. The van der Waals surface area contributed by atoms with E-state index in [2.05, 4.69) is 58.7 Å². The third-order valence-corrected chi connectivity index (χ3v) is 5.05. The molecule has 3 aromatic rings. The molecule has 0 aliphatic heterocycles. The number of methoxy groups -OCH3 is 1. The van der Waals surface area contributed by atoms with Crippen molar-refractivity contribution in [2.45, 2.75) is 39.7 Å². The van der Waals surface area contributed by atoms with Crippen molar-refractivity contribution < 1.29 is 9.47 Å². The lowest BCUT2D eigenvalue weighted by atomic mass is 10.1. The molecule has 0 amide bonds. The Labute approximate surface area is 213 Å². The summed E-state index contributed by atoms with van der Waals surface area (Å²) in [5.41, 5.74) is 4.36. The fourth-order valence-electron chi connectivity index (χ4n) is 3.40. The number of guanidine groups is 1. The number of aromatic nitrogens is 2. The minimum Gasteiger partial charge on any atom is -0.493 e. The second kappa shape index (κ2) is 14.7. The lowest BCUT2D eigenvalue weighted by Gasteiger charge is -2.13. The number of rotatable bonds is 12. The number of para-hydroxylation sites is 2. The second-order valence-electron chi connectivity index (χ2n) is 7.73. The molecule has 2 aromatic carbocycles. The third-order valence-electron chi connectivity index (χ3n) is 5.05. The van der Waals surface area contributed by atoms with Crippen LogP contribution in [0.2, 0.25) is 0 Å². The van der Waals surface area contributed by atoms with Crippen LogP contribution in [0.5, 0.6) is 5.75 Å². The van der Waals surface area contributed by atoms with E-state index in [1.165, 1.54) is 5.56 Å². The molecule has 0 aliphatic rings. The summed E-state index contributed by atoms with van der Waals surface area (Å²) in [6, 6.07) is 14.4. The second-order valence-corrected chi connectivity index (χ2v) is 7.73. The molecule has 0 bridgehead atoms. The summed E-state index contributed by atoms with van der Waals surface area (Å²) in [5, 5.41) is 6.75. The number of aliphatic imine (C=N–C) groups is 1. The van der Waals surface area contributed by atoms with Crippen molar-refractivity contribution in [1.82, 2.24) is 20.6 Å². The van der Waals surface area contributed by atoms with Crippen LogP contribution in [0.3, 0.4) is 0 Å². The molecule has 0 unspecified atom stereocenters. The van der Waals surface area contributed by atoms with Gasteiger partial charge in [0, 0.05) is 45.2 Å². The van der Waals surface area contributed by atoms with Gasteiger partial charge in [-0.25, -0.2) is 9.98 Å². The summed E-state index contributed by atoms with van der Waals surface area (Å²) < 4.78 is 11.1. The van der Waals surface area contributed by atoms with E-state index in [-0.39, 0.29) is 24.0 Å². The number of fused-ring (bicyclic) bond motifs is 1. The molecule has 180 valence electrons. The molecule has 0 saturated carbocycles. The number of ether oxygens (including phenoxy) is 2. The van der Waals surface area contributed by atoms with Gasteiger partial charge in [-0.3, -0.25) is 0 Å². The number of nitrogens with one attached hydrogen (secondary N) is 3. The molecule has 1 heterocycles. The minimum atomic E-state index is 0. The van der Waals surface area contributed by atoms with Crippen LogP contribution in [-0.4, -0.2) is 49.3 Å². The Bertz CT molecular complexity index is 972. The van der Waals surface area contributed by atoms with Gasteiger partial charge < -0.3 is 25.1 Å². The molecule has 3 N–H and O–H groups in total. The maximum absolute atomic E-state index is 5.98. The Morgan fingerprint density at radius 1 is 1.09 bits per heavy atom. The van der Waals surface area contributed by atoms with Gasteiger partial charge in [-0.05, 0) is 44.0 Å². The zero-order valence-electron chi connectivity index (χ0n) is 19.8. The molecule has 8 heteroatoms. The van der Waals surface area contributed by atoms with Crippen LogP contribution < -0.4 is 15.4 Å². The highest BCUT2D eigenvalue weighted by Crippen LogP contribution is 2.21. The van der Waals surface area contributed by atoms with Crippen molar-refractivity contribution in [2.24, 2.45) is 4.99 Å². The van der Waals surface area contributed by atoms with Gasteiger partial charge in [0.15, 0.2) is 5.96 Å². The van der Waals surface area contributed by atoms with Crippen LogP contribution >= 0.6 is 24.0 Å². The van der Waals surface area contributed by atoms with E-state index in [9.17, 15) is 0 Å². The van der Waals surface area contributed by atoms with Crippen LogP contribution in [0.25, 0.3) is 11.0 Å². The highest BCUT2D eigenvalue weighted by Gasteiger charge is 2.06. The summed E-state index contributed by atoms with van der Waals surface area (Å²) in [5.74, 6) is 2.72. The van der Waals surface area contributed by atoms with E-state index in [1.54, 1.807) is 7.11 Å². The lowest BCUT2D eigenvalue weighted by Crippen LogP contribution is -2.37. The van der Waals surface area contributed by atoms with Crippen LogP contribution in [0.15, 0.2) is 47.5 Å². The Balaban J connectivity index is 0.00000385. The standard InChI is InChI=1S/C25H35N5O2.HI/c1-4-26-25(27-14-7-11-24-29-21-9-5-6-10-22(21)30-24)28-18-20-13-12-19(2)17-23(20)32-16-8-15-31-3;/h5-6,9-10,12-13,17H,4,7-8,11,14-16,18H2,1-3H3,(H,29,30)(H2,26,27,28);1H. The Morgan fingerprint density at radius 2 is 1.94 bits per heavy atom. The molecule has 0 radical (unpaired) electrons. The SMILES string of the molecule is CCNC(=NCc1ccc(C)cc1OCCCOC)NCCCc1nc2ccccc2[nH]1.I. The molecule has 0 fully saturated rings. The van der Waals surface area contributed by atoms with Gasteiger partial charge in [-0.15, -0.1) is 24.0 Å². The maximum Gasteiger partial charge on any atom is 0.191 e. The van der Waals surface area contributed by atoms with Crippen LogP contribution in [-0.2, 0) is 17.7 Å². The van der Waals surface area contributed by atoms with Crippen LogP contribution in [0.1, 0.15) is 36.7 Å². The van der Waals surface area contributed by atoms with Crippen LogP contribution in [0, 0.1) is 6.92 Å². The number of aromatic amines is 1. The largest absolute Gasteiger partial charge is 0.493 e. The number of benzene rings is 2. The number of nitrogens with zero attached hydrogens (tertiary/aromatic N) is 2. The van der Waals surface area contributed by atoms with Gasteiger partial charge in [0.1, 0.15) is 11.6 Å². The highest BCUT2D eigenvalue weighted by atomic mass is 127. The van der Waals surface area contributed by atoms with E-state index in [4.69, 9.17) is 14.5 Å². The number of halogens is 1. The van der Waals surface area contributed by atoms with Crippen molar-refractivity contribution in [3.05, 3.63) is 59.4 Å². The first-order chi connectivity index (χ1) is 15.7. The summed E-state index contributed by atoms with van der Waals surface area (Å²) in [6.45, 7) is 7.65. The predicted molar refractivity (Wildman–Crippen MR) is 146 cm³/mol. The summed E-state index contributed by atoms with van der Waals surface area (Å²) in [7, 11) is 1.71. The highest BCUT2D eigenvalue weighted by molar-refractivity contribution is 14.0. The van der Waals surface area contributed by atoms with Crippen molar-refractivity contribution >= 4 is 41.0 Å². The zero-order chi connectivity index (χ0) is 22.6. The minimum absolute atomic E-state index is 0. The van der Waals surface area contributed by atoms with Gasteiger partial charge >= 0.3 is 0 Å². The monoisotopic (exact) mass is 565 g/mol. The molecular formula is C25H36IN5O2. The number of hydrogen-bond acceptors (Lipinski definition) is 4. The molecular weight excluding hydrogens is 529 g/mol. The van der Waals surface area contributed by atoms with E-state index >= 15 is 0 Å². The fourth-order valence-corrected chi connectivity index (χ4v) is 3.40. The van der Waals surface area contributed by atoms with Crippen molar-refractivity contribution in [2.75, 3.05) is 33.4 Å². The Hall–Kier alpha value is -2.33. The average Bonchev–Trinajstić information content (AvgIpc) is 3.21. The maximum atomic E-state index is 5.98. The predicted octanol–water partition coefficient (Wildman–Crippen LogP) is 4.59. The molecule has 0 saturated heterocycles. The quantitative estimate of drug-likeness (QED) is 0.130. The normalized spacial score (nSPS) is 11.3. The molecule has 3 rings (SSSR count). The van der Waals surface area contributed by atoms with Crippen LogP contribution in [0.4, 0.5) is 0 Å². The zero-order valence-corrected chi connectivity index (χ0v) is 22.1. The summed E-state index contributed by atoms with van der Waals surface area (Å²) in [6.07, 6.45) is 2.71. The van der Waals surface area contributed by atoms with Crippen molar-refractivity contribution in [3.8, 4) is 5.75 Å². The van der Waals surface area contributed by atoms with Gasteiger partial charge in [-0.1, -0.05) is 24.3 Å². The fraction of sp³-hybridized carbons (Fsp3) is 0.440. The number of imidazole rings is 1. The number of aryl methyl sites for hydroxylation is 2. The first kappa shape index (κ1) is 26.9.